The number of sulfonamides is 1. The van der Waals surface area contributed by atoms with Gasteiger partial charge in [0.1, 0.15) is 4.21 Å². The summed E-state index contributed by atoms with van der Waals surface area (Å²) in [7, 11) is -2.19. The van der Waals surface area contributed by atoms with Crippen LogP contribution in [0.2, 0.25) is 0 Å². The van der Waals surface area contributed by atoms with E-state index in [0.717, 1.165) is 11.3 Å². The molecule has 2 rings (SSSR count). The van der Waals surface area contributed by atoms with Crippen molar-refractivity contribution < 1.29 is 23.1 Å². The van der Waals surface area contributed by atoms with Crippen molar-refractivity contribution in [1.82, 2.24) is 4.90 Å². The maximum absolute atomic E-state index is 12.4. The minimum absolute atomic E-state index is 0.0549. The highest BCUT2D eigenvalue weighted by atomic mass is 32.2. The molecule has 1 unspecified atom stereocenters. The molecule has 0 fully saturated rings. The fraction of sp³-hybridized carbons (Fsp3) is 0.250. The molecule has 0 saturated carbocycles. The fourth-order valence-corrected chi connectivity index (χ4v) is 4.17. The molecule has 0 aliphatic heterocycles. The molecule has 0 aliphatic rings. The van der Waals surface area contributed by atoms with Gasteiger partial charge in [-0.2, -0.15) is 0 Å². The zero-order valence-corrected chi connectivity index (χ0v) is 15.3. The molecule has 2 aromatic rings. The number of carbonyl (C=O) groups excluding carboxylic acids is 1. The normalized spacial score (nSPS) is 12.4. The molecule has 1 aromatic carbocycles. The average molecular weight is 382 g/mol. The van der Waals surface area contributed by atoms with Gasteiger partial charge in [0.2, 0.25) is 0 Å². The summed E-state index contributed by atoms with van der Waals surface area (Å²) >= 11 is 1.09. The van der Waals surface area contributed by atoms with Crippen LogP contribution in [0.5, 0.6) is 0 Å². The van der Waals surface area contributed by atoms with E-state index >= 15 is 0 Å². The maximum atomic E-state index is 12.4. The first kappa shape index (κ1) is 18.9. The Morgan fingerprint density at radius 3 is 2.60 bits per heavy atom. The molecule has 1 heterocycles. The molecule has 25 heavy (non-hydrogen) atoms. The molecular weight excluding hydrogens is 364 g/mol. The van der Waals surface area contributed by atoms with E-state index < -0.39 is 21.9 Å². The lowest BCUT2D eigenvalue weighted by Gasteiger charge is -2.19. The monoisotopic (exact) mass is 382 g/mol. The number of rotatable bonds is 7. The summed E-state index contributed by atoms with van der Waals surface area (Å²) in [5, 5.41) is 10.6. The number of thiophene rings is 1. The molecule has 1 aromatic heterocycles. The average Bonchev–Trinajstić information content (AvgIpc) is 3.09. The number of carboxylic acids is 1. The van der Waals surface area contributed by atoms with Gasteiger partial charge in [0.25, 0.3) is 15.9 Å². The van der Waals surface area contributed by atoms with Crippen molar-refractivity contribution in [2.45, 2.75) is 11.1 Å². The third-order valence-electron chi connectivity index (χ3n) is 3.44. The van der Waals surface area contributed by atoms with Gasteiger partial charge in [-0.3, -0.25) is 14.3 Å². The summed E-state index contributed by atoms with van der Waals surface area (Å²) in [6.07, 6.45) is 0. The minimum Gasteiger partial charge on any atom is -0.481 e. The number of nitrogens with zero attached hydrogens (tertiary/aromatic N) is 1. The predicted octanol–water partition coefficient (Wildman–Crippen LogP) is 2.34. The van der Waals surface area contributed by atoms with Crippen LogP contribution < -0.4 is 4.72 Å². The number of nitrogens with one attached hydrogen (secondary N) is 1. The van der Waals surface area contributed by atoms with E-state index in [2.05, 4.69) is 4.72 Å². The van der Waals surface area contributed by atoms with Gasteiger partial charge in [-0.25, -0.2) is 8.42 Å². The minimum atomic E-state index is -3.70. The van der Waals surface area contributed by atoms with Crippen LogP contribution in [0.15, 0.2) is 46.0 Å². The number of aliphatic carboxylic acids is 1. The molecule has 0 saturated heterocycles. The van der Waals surface area contributed by atoms with Crippen LogP contribution in [-0.4, -0.2) is 43.9 Å². The van der Waals surface area contributed by atoms with Crippen molar-refractivity contribution in [2.75, 3.05) is 18.3 Å². The second kappa shape index (κ2) is 7.66. The predicted molar refractivity (Wildman–Crippen MR) is 95.3 cm³/mol. The van der Waals surface area contributed by atoms with Gasteiger partial charge in [-0.15, -0.1) is 11.3 Å². The first-order chi connectivity index (χ1) is 11.7. The molecule has 0 radical (unpaired) electrons. The summed E-state index contributed by atoms with van der Waals surface area (Å²) in [6.45, 7) is 1.57. The number of amides is 1. The van der Waals surface area contributed by atoms with Crippen molar-refractivity contribution >= 4 is 38.9 Å². The number of hydrogen-bond acceptors (Lipinski definition) is 5. The van der Waals surface area contributed by atoms with Gasteiger partial charge in [-0.05, 0) is 29.6 Å². The van der Waals surface area contributed by atoms with E-state index in [0.29, 0.717) is 0 Å². The highest BCUT2D eigenvalue weighted by Gasteiger charge is 2.20. The number of hydrogen-bond donors (Lipinski definition) is 2. The Labute approximate surface area is 150 Å². The number of carbonyl (C=O) groups is 2. The van der Waals surface area contributed by atoms with Crippen molar-refractivity contribution in [1.29, 1.82) is 0 Å². The molecule has 0 bridgehead atoms. The number of anilines is 1. The second-order valence-electron chi connectivity index (χ2n) is 5.54. The Morgan fingerprint density at radius 2 is 2.00 bits per heavy atom. The summed E-state index contributed by atoms with van der Waals surface area (Å²) < 4.78 is 27.1. The molecule has 2 N–H and O–H groups in total. The fourth-order valence-electron chi connectivity index (χ4n) is 2.13. The lowest BCUT2D eigenvalue weighted by Crippen LogP contribution is -2.33. The van der Waals surface area contributed by atoms with Crippen molar-refractivity contribution in [3.8, 4) is 0 Å². The summed E-state index contributed by atoms with van der Waals surface area (Å²) in [6, 6.07) is 9.21. The van der Waals surface area contributed by atoms with Gasteiger partial charge in [0, 0.05) is 24.8 Å². The van der Waals surface area contributed by atoms with Crippen molar-refractivity contribution in [3.05, 3.63) is 47.3 Å². The standard InChI is InChI=1S/C16H18N2O5S2/c1-11(16(20)21)10-18(2)15(19)12-5-3-6-13(9-12)17-25(22,23)14-7-4-8-24-14/h3-9,11,17H,10H2,1-2H3,(H,20,21). The van der Waals surface area contributed by atoms with Crippen LogP contribution in [0.4, 0.5) is 5.69 Å². The van der Waals surface area contributed by atoms with Gasteiger partial charge in [0.05, 0.1) is 5.92 Å². The SMILES string of the molecule is CC(CN(C)C(=O)c1cccc(NS(=O)(=O)c2cccs2)c1)C(=O)O. The van der Waals surface area contributed by atoms with Crippen LogP contribution >= 0.6 is 11.3 Å². The topological polar surface area (TPSA) is 104 Å². The van der Waals surface area contributed by atoms with E-state index in [1.807, 2.05) is 0 Å². The first-order valence-electron chi connectivity index (χ1n) is 7.35. The Hall–Kier alpha value is -2.39. The van der Waals surface area contributed by atoms with Gasteiger partial charge in [-0.1, -0.05) is 19.1 Å². The Bertz CT molecular complexity index is 862. The molecular formula is C16H18N2O5S2. The zero-order chi connectivity index (χ0) is 18.6. The lowest BCUT2D eigenvalue weighted by molar-refractivity contribution is -0.141. The maximum Gasteiger partial charge on any atom is 0.308 e. The van der Waals surface area contributed by atoms with Crippen LogP contribution in [-0.2, 0) is 14.8 Å². The molecule has 9 heteroatoms. The van der Waals surface area contributed by atoms with E-state index in [4.69, 9.17) is 5.11 Å². The number of benzene rings is 1. The van der Waals surface area contributed by atoms with Gasteiger partial charge < -0.3 is 10.0 Å². The molecule has 1 atom stereocenters. The molecule has 1 amide bonds. The van der Waals surface area contributed by atoms with E-state index in [-0.39, 0.29) is 27.9 Å². The van der Waals surface area contributed by atoms with E-state index in [1.54, 1.807) is 29.6 Å². The quantitative estimate of drug-likeness (QED) is 0.765. The summed E-state index contributed by atoms with van der Waals surface area (Å²) in [5.74, 6) is -2.07. The van der Waals surface area contributed by atoms with Crippen molar-refractivity contribution in [2.24, 2.45) is 5.92 Å². The van der Waals surface area contributed by atoms with Crippen molar-refractivity contribution in [3.63, 3.8) is 0 Å². The van der Waals surface area contributed by atoms with Crippen LogP contribution in [0.3, 0.4) is 0 Å². The highest BCUT2D eigenvalue weighted by molar-refractivity contribution is 7.94. The van der Waals surface area contributed by atoms with Crippen LogP contribution in [0.1, 0.15) is 17.3 Å². The third-order valence-corrected chi connectivity index (χ3v) is 6.22. The third kappa shape index (κ3) is 4.80. The molecule has 0 spiro atoms. The Kier molecular flexibility index (Phi) is 5.81. The van der Waals surface area contributed by atoms with Crippen LogP contribution in [0, 0.1) is 5.92 Å². The molecule has 0 aliphatic carbocycles. The van der Waals surface area contributed by atoms with E-state index in [1.165, 1.54) is 31.0 Å². The summed E-state index contributed by atoms with van der Waals surface area (Å²) in [4.78, 5) is 24.6. The van der Waals surface area contributed by atoms with Gasteiger partial charge >= 0.3 is 5.97 Å². The molecule has 134 valence electrons. The molecule has 7 nitrogen and oxygen atoms in total. The largest absolute Gasteiger partial charge is 0.481 e. The van der Waals surface area contributed by atoms with E-state index in [9.17, 15) is 18.0 Å². The lowest BCUT2D eigenvalue weighted by atomic mass is 10.1. The van der Waals surface area contributed by atoms with Gasteiger partial charge in [0.15, 0.2) is 0 Å². The first-order valence-corrected chi connectivity index (χ1v) is 9.71. The highest BCUT2D eigenvalue weighted by Crippen LogP contribution is 2.21. The van der Waals surface area contributed by atoms with Crippen LogP contribution in [0.25, 0.3) is 0 Å². The summed E-state index contributed by atoms with van der Waals surface area (Å²) in [5.41, 5.74) is 0.533. The zero-order valence-electron chi connectivity index (χ0n) is 13.7. The Morgan fingerprint density at radius 1 is 1.28 bits per heavy atom. The second-order valence-corrected chi connectivity index (χ2v) is 8.40. The number of carboxylic acid groups (broad SMARTS) is 1. The Balaban J connectivity index is 2.16. The smallest absolute Gasteiger partial charge is 0.308 e.